The fourth-order valence-corrected chi connectivity index (χ4v) is 3.54. The number of carboxylic acid groups (broad SMARTS) is 1. The van der Waals surface area contributed by atoms with Gasteiger partial charge in [0.1, 0.15) is 11.6 Å². The van der Waals surface area contributed by atoms with Crippen LogP contribution in [0.1, 0.15) is 34.1 Å². The minimum absolute atomic E-state index is 0.325. The zero-order chi connectivity index (χ0) is 18.1. The first-order chi connectivity index (χ1) is 12.6. The molecule has 1 atom stereocenters. The van der Waals surface area contributed by atoms with Crippen LogP contribution in [-0.2, 0) is 6.54 Å². The van der Waals surface area contributed by atoms with E-state index in [9.17, 15) is 4.79 Å². The van der Waals surface area contributed by atoms with Gasteiger partial charge in [0.2, 0.25) is 0 Å². The quantitative estimate of drug-likeness (QED) is 0.738. The number of hydrogen-bond acceptors (Lipinski definition) is 4. The third-order valence-electron chi connectivity index (χ3n) is 4.97. The highest BCUT2D eigenvalue weighted by atomic mass is 16.5. The van der Waals surface area contributed by atoms with Crippen LogP contribution >= 0.6 is 0 Å². The Morgan fingerprint density at radius 2 is 2.12 bits per heavy atom. The number of fused-ring (bicyclic) bond motifs is 1. The number of aromatic amines is 1. The van der Waals surface area contributed by atoms with Gasteiger partial charge in [0.05, 0.1) is 23.7 Å². The second-order valence-corrected chi connectivity index (χ2v) is 6.73. The van der Waals surface area contributed by atoms with Crippen molar-refractivity contribution >= 4 is 17.0 Å². The lowest BCUT2D eigenvalue weighted by Crippen LogP contribution is -2.20. The summed E-state index contributed by atoms with van der Waals surface area (Å²) in [5.74, 6) is 1.34. The molecule has 1 aromatic heterocycles. The van der Waals surface area contributed by atoms with Gasteiger partial charge in [-0.05, 0) is 42.8 Å². The molecular formula is C20H21N3O3. The van der Waals surface area contributed by atoms with E-state index < -0.39 is 5.97 Å². The van der Waals surface area contributed by atoms with E-state index in [0.717, 1.165) is 54.2 Å². The average Bonchev–Trinajstić information content (AvgIpc) is 3.28. The molecule has 0 aliphatic carbocycles. The van der Waals surface area contributed by atoms with E-state index in [0.29, 0.717) is 11.5 Å². The molecule has 0 radical (unpaired) electrons. The molecule has 3 aromatic rings. The van der Waals surface area contributed by atoms with Gasteiger partial charge in [0.25, 0.3) is 0 Å². The van der Waals surface area contributed by atoms with Gasteiger partial charge in [0.15, 0.2) is 0 Å². The largest absolute Gasteiger partial charge is 0.497 e. The van der Waals surface area contributed by atoms with E-state index in [1.54, 1.807) is 19.2 Å². The van der Waals surface area contributed by atoms with Gasteiger partial charge in [-0.15, -0.1) is 0 Å². The Hall–Kier alpha value is -2.86. The van der Waals surface area contributed by atoms with Crippen LogP contribution < -0.4 is 4.74 Å². The molecule has 1 unspecified atom stereocenters. The van der Waals surface area contributed by atoms with Crippen LogP contribution in [0.15, 0.2) is 42.5 Å². The number of likely N-dealkylation sites (tertiary alicyclic amines) is 1. The topological polar surface area (TPSA) is 78.4 Å². The number of methoxy groups -OCH3 is 1. The number of ether oxygens (including phenoxy) is 1. The number of nitrogens with one attached hydrogen (secondary N) is 1. The van der Waals surface area contributed by atoms with Crippen molar-refractivity contribution in [2.75, 3.05) is 20.2 Å². The molecule has 0 spiro atoms. The number of benzene rings is 2. The van der Waals surface area contributed by atoms with Gasteiger partial charge in [-0.3, -0.25) is 4.90 Å². The van der Waals surface area contributed by atoms with Crippen LogP contribution in [0.2, 0.25) is 0 Å². The van der Waals surface area contributed by atoms with Crippen molar-refractivity contribution in [3.63, 3.8) is 0 Å². The molecule has 2 aromatic carbocycles. The van der Waals surface area contributed by atoms with Gasteiger partial charge in [-0.25, -0.2) is 9.78 Å². The van der Waals surface area contributed by atoms with Gasteiger partial charge in [-0.2, -0.15) is 0 Å². The van der Waals surface area contributed by atoms with E-state index in [-0.39, 0.29) is 0 Å². The standard InChI is InChI=1S/C20H21N3O3/c1-26-16-6-7-17-18(10-16)22-19(21-17)15-8-9-23(12-15)11-13-2-4-14(5-3-13)20(24)25/h2-7,10,15H,8-9,11-12H2,1H3,(H,21,22)(H,24,25). The highest BCUT2D eigenvalue weighted by Crippen LogP contribution is 2.29. The Morgan fingerprint density at radius 3 is 2.85 bits per heavy atom. The molecule has 4 rings (SSSR count). The van der Waals surface area contributed by atoms with E-state index in [1.807, 2.05) is 30.3 Å². The molecule has 1 aliphatic heterocycles. The van der Waals surface area contributed by atoms with Crippen LogP contribution in [0.3, 0.4) is 0 Å². The summed E-state index contributed by atoms with van der Waals surface area (Å²) in [6.07, 6.45) is 1.06. The molecule has 2 heterocycles. The van der Waals surface area contributed by atoms with E-state index in [1.165, 1.54) is 0 Å². The normalized spacial score (nSPS) is 17.7. The zero-order valence-corrected chi connectivity index (χ0v) is 14.6. The number of nitrogens with zero attached hydrogens (tertiary/aromatic N) is 2. The van der Waals surface area contributed by atoms with Crippen LogP contribution in [0.25, 0.3) is 11.0 Å². The second-order valence-electron chi connectivity index (χ2n) is 6.73. The molecule has 1 fully saturated rings. The van der Waals surface area contributed by atoms with Crippen molar-refractivity contribution in [3.8, 4) is 5.75 Å². The molecule has 2 N–H and O–H groups in total. The summed E-state index contributed by atoms with van der Waals surface area (Å²) in [6.45, 7) is 2.77. The summed E-state index contributed by atoms with van der Waals surface area (Å²) in [5.41, 5.74) is 3.42. The maximum absolute atomic E-state index is 10.9. The minimum atomic E-state index is -0.890. The Balaban J connectivity index is 1.44. The molecule has 26 heavy (non-hydrogen) atoms. The highest BCUT2D eigenvalue weighted by molar-refractivity contribution is 5.87. The van der Waals surface area contributed by atoms with Crippen LogP contribution in [0.4, 0.5) is 0 Å². The van der Waals surface area contributed by atoms with Crippen molar-refractivity contribution in [2.45, 2.75) is 18.9 Å². The summed E-state index contributed by atoms with van der Waals surface area (Å²) in [7, 11) is 1.66. The smallest absolute Gasteiger partial charge is 0.335 e. The number of aromatic nitrogens is 2. The lowest BCUT2D eigenvalue weighted by molar-refractivity contribution is 0.0697. The summed E-state index contributed by atoms with van der Waals surface area (Å²) < 4.78 is 5.27. The van der Waals surface area contributed by atoms with Crippen LogP contribution in [-0.4, -0.2) is 46.1 Å². The number of aromatic carboxylic acids is 1. The molecule has 134 valence electrons. The molecule has 0 bridgehead atoms. The van der Waals surface area contributed by atoms with Crippen LogP contribution in [0.5, 0.6) is 5.75 Å². The second kappa shape index (κ2) is 6.80. The first-order valence-electron chi connectivity index (χ1n) is 8.70. The molecule has 6 heteroatoms. The first kappa shape index (κ1) is 16.6. The fourth-order valence-electron chi connectivity index (χ4n) is 3.54. The lowest BCUT2D eigenvalue weighted by Gasteiger charge is -2.15. The lowest BCUT2D eigenvalue weighted by atomic mass is 10.1. The Labute approximate surface area is 151 Å². The summed E-state index contributed by atoms with van der Waals surface area (Å²) in [6, 6.07) is 13.0. The van der Waals surface area contributed by atoms with Gasteiger partial charge in [-0.1, -0.05) is 12.1 Å². The molecule has 0 saturated carbocycles. The molecule has 1 saturated heterocycles. The van der Waals surface area contributed by atoms with E-state index in [2.05, 4.69) is 9.88 Å². The number of imidazole rings is 1. The predicted molar refractivity (Wildman–Crippen MR) is 98.7 cm³/mol. The third kappa shape index (κ3) is 3.28. The summed E-state index contributed by atoms with van der Waals surface area (Å²) in [4.78, 5) is 21.5. The maximum Gasteiger partial charge on any atom is 0.335 e. The number of carbonyl (C=O) groups is 1. The van der Waals surface area contributed by atoms with E-state index >= 15 is 0 Å². The van der Waals surface area contributed by atoms with E-state index in [4.69, 9.17) is 14.8 Å². The Kier molecular flexibility index (Phi) is 4.34. The number of rotatable bonds is 5. The van der Waals surface area contributed by atoms with Crippen molar-refractivity contribution < 1.29 is 14.6 Å². The maximum atomic E-state index is 10.9. The fraction of sp³-hybridized carbons (Fsp3) is 0.300. The molecule has 0 amide bonds. The van der Waals surface area contributed by atoms with Gasteiger partial charge >= 0.3 is 5.97 Å². The molecular weight excluding hydrogens is 330 g/mol. The van der Waals surface area contributed by atoms with Crippen molar-refractivity contribution in [2.24, 2.45) is 0 Å². The van der Waals surface area contributed by atoms with Crippen molar-refractivity contribution in [1.82, 2.24) is 14.9 Å². The zero-order valence-electron chi connectivity index (χ0n) is 14.6. The monoisotopic (exact) mass is 351 g/mol. The first-order valence-corrected chi connectivity index (χ1v) is 8.70. The minimum Gasteiger partial charge on any atom is -0.497 e. The summed E-state index contributed by atoms with van der Waals surface area (Å²) in [5, 5.41) is 8.98. The SMILES string of the molecule is COc1ccc2nc(C3CCN(Cc4ccc(C(=O)O)cc4)C3)[nH]c2c1. The molecule has 6 nitrogen and oxygen atoms in total. The van der Waals surface area contributed by atoms with Crippen molar-refractivity contribution in [1.29, 1.82) is 0 Å². The summed E-state index contributed by atoms with van der Waals surface area (Å²) >= 11 is 0. The Morgan fingerprint density at radius 1 is 1.31 bits per heavy atom. The van der Waals surface area contributed by atoms with Gasteiger partial charge < -0.3 is 14.8 Å². The third-order valence-corrected chi connectivity index (χ3v) is 4.97. The molecule has 1 aliphatic rings. The number of hydrogen-bond donors (Lipinski definition) is 2. The van der Waals surface area contributed by atoms with Gasteiger partial charge in [0, 0.05) is 25.1 Å². The average molecular weight is 351 g/mol. The Bertz CT molecular complexity index is 933. The highest BCUT2D eigenvalue weighted by Gasteiger charge is 2.26. The van der Waals surface area contributed by atoms with Crippen LogP contribution in [0, 0.1) is 0 Å². The number of carboxylic acids is 1. The number of H-pyrrole nitrogens is 1. The predicted octanol–water partition coefficient (Wildman–Crippen LogP) is 3.26. The van der Waals surface area contributed by atoms with Crippen molar-refractivity contribution in [3.05, 3.63) is 59.4 Å².